The molecule has 2 N–H and O–H groups in total. The summed E-state index contributed by atoms with van der Waals surface area (Å²) < 4.78 is 1.77. The SMILES string of the molecule is CCC1(CNc2nc(NC)nc(-n3ccnc3)n2)CCC1. The Balaban J connectivity index is 1.79. The Labute approximate surface area is 124 Å². The van der Waals surface area contributed by atoms with Gasteiger partial charge in [0.2, 0.25) is 17.8 Å². The molecular weight excluding hydrogens is 266 g/mol. The van der Waals surface area contributed by atoms with Crippen LogP contribution in [0.5, 0.6) is 0 Å². The van der Waals surface area contributed by atoms with E-state index in [-0.39, 0.29) is 0 Å². The van der Waals surface area contributed by atoms with Crippen molar-refractivity contribution in [1.82, 2.24) is 24.5 Å². The van der Waals surface area contributed by atoms with E-state index in [2.05, 4.69) is 37.5 Å². The van der Waals surface area contributed by atoms with E-state index >= 15 is 0 Å². The Morgan fingerprint density at radius 3 is 2.62 bits per heavy atom. The number of anilines is 2. The predicted molar refractivity (Wildman–Crippen MR) is 81.6 cm³/mol. The lowest BCUT2D eigenvalue weighted by molar-refractivity contribution is 0.144. The smallest absolute Gasteiger partial charge is 0.241 e. The van der Waals surface area contributed by atoms with E-state index in [0.29, 0.717) is 23.3 Å². The summed E-state index contributed by atoms with van der Waals surface area (Å²) in [5, 5.41) is 6.35. The van der Waals surface area contributed by atoms with E-state index in [1.807, 2.05) is 6.20 Å². The van der Waals surface area contributed by atoms with E-state index in [1.165, 1.54) is 25.7 Å². The van der Waals surface area contributed by atoms with Gasteiger partial charge in [-0.2, -0.15) is 15.0 Å². The van der Waals surface area contributed by atoms with Crippen molar-refractivity contribution in [2.45, 2.75) is 32.6 Å². The molecule has 2 aromatic rings. The van der Waals surface area contributed by atoms with E-state index < -0.39 is 0 Å². The minimum atomic E-state index is 0.418. The lowest BCUT2D eigenvalue weighted by Gasteiger charge is -2.41. The molecule has 0 amide bonds. The number of hydrogen-bond donors (Lipinski definition) is 2. The molecule has 0 aliphatic heterocycles. The highest BCUT2D eigenvalue weighted by Gasteiger charge is 2.34. The first kappa shape index (κ1) is 13.8. The second-order valence-corrected chi connectivity index (χ2v) is 5.56. The van der Waals surface area contributed by atoms with Crippen LogP contribution in [-0.4, -0.2) is 38.1 Å². The third-order valence-electron chi connectivity index (χ3n) is 4.37. The summed E-state index contributed by atoms with van der Waals surface area (Å²) in [7, 11) is 1.80. The molecule has 0 aromatic carbocycles. The maximum Gasteiger partial charge on any atom is 0.241 e. The summed E-state index contributed by atoms with van der Waals surface area (Å²) in [6, 6.07) is 0. The third-order valence-corrected chi connectivity index (χ3v) is 4.37. The summed E-state index contributed by atoms with van der Waals surface area (Å²) in [6.45, 7) is 3.17. The summed E-state index contributed by atoms with van der Waals surface area (Å²) in [6.07, 6.45) is 10.3. The van der Waals surface area contributed by atoms with Crippen molar-refractivity contribution in [2.24, 2.45) is 5.41 Å². The maximum atomic E-state index is 4.47. The molecule has 0 saturated heterocycles. The molecule has 2 heterocycles. The molecule has 0 radical (unpaired) electrons. The molecule has 7 nitrogen and oxygen atoms in total. The number of rotatable bonds is 6. The molecule has 21 heavy (non-hydrogen) atoms. The van der Waals surface area contributed by atoms with Crippen molar-refractivity contribution in [3.8, 4) is 5.95 Å². The molecule has 1 fully saturated rings. The molecule has 0 atom stereocenters. The van der Waals surface area contributed by atoms with Crippen molar-refractivity contribution < 1.29 is 0 Å². The van der Waals surface area contributed by atoms with Crippen LogP contribution in [0.2, 0.25) is 0 Å². The van der Waals surface area contributed by atoms with Gasteiger partial charge in [-0.15, -0.1) is 0 Å². The van der Waals surface area contributed by atoms with Crippen molar-refractivity contribution in [3.63, 3.8) is 0 Å². The standard InChI is InChI=1S/C14H21N7/c1-3-14(5-4-6-14)9-17-12-18-11(15-2)19-13(20-12)21-8-7-16-10-21/h7-8,10H,3-6,9H2,1-2H3,(H2,15,17,18,19,20). The van der Waals surface area contributed by atoms with Crippen LogP contribution in [0.1, 0.15) is 32.6 Å². The number of nitrogens with zero attached hydrogens (tertiary/aromatic N) is 5. The van der Waals surface area contributed by atoms with E-state index in [4.69, 9.17) is 0 Å². The van der Waals surface area contributed by atoms with Gasteiger partial charge in [0.15, 0.2) is 0 Å². The van der Waals surface area contributed by atoms with Crippen LogP contribution in [0.25, 0.3) is 5.95 Å². The number of aromatic nitrogens is 5. The van der Waals surface area contributed by atoms with Crippen LogP contribution in [0.4, 0.5) is 11.9 Å². The van der Waals surface area contributed by atoms with Crippen molar-refractivity contribution >= 4 is 11.9 Å². The predicted octanol–water partition coefficient (Wildman–Crippen LogP) is 2.09. The van der Waals surface area contributed by atoms with Gasteiger partial charge in [0.25, 0.3) is 0 Å². The molecule has 3 rings (SSSR count). The fourth-order valence-corrected chi connectivity index (χ4v) is 2.65. The molecule has 1 aliphatic carbocycles. The molecule has 0 unspecified atom stereocenters. The fraction of sp³-hybridized carbons (Fsp3) is 0.571. The largest absolute Gasteiger partial charge is 0.357 e. The zero-order chi connectivity index (χ0) is 14.7. The Morgan fingerprint density at radius 1 is 1.24 bits per heavy atom. The second kappa shape index (κ2) is 5.67. The maximum absolute atomic E-state index is 4.47. The van der Waals surface area contributed by atoms with Crippen molar-refractivity contribution in [2.75, 3.05) is 24.2 Å². The first-order valence-electron chi connectivity index (χ1n) is 7.41. The van der Waals surface area contributed by atoms with Gasteiger partial charge in [0.1, 0.15) is 6.33 Å². The van der Waals surface area contributed by atoms with Gasteiger partial charge in [-0.25, -0.2) is 4.98 Å². The van der Waals surface area contributed by atoms with Gasteiger partial charge in [-0.1, -0.05) is 13.3 Å². The molecule has 0 bridgehead atoms. The molecule has 0 spiro atoms. The van der Waals surface area contributed by atoms with Crippen LogP contribution in [0, 0.1) is 5.41 Å². The van der Waals surface area contributed by atoms with Crippen LogP contribution in [0.15, 0.2) is 18.7 Å². The molecular formula is C14H21N7. The van der Waals surface area contributed by atoms with Gasteiger partial charge in [-0.3, -0.25) is 4.57 Å². The Kier molecular flexibility index (Phi) is 3.72. The Hall–Kier alpha value is -2.18. The molecule has 1 saturated carbocycles. The van der Waals surface area contributed by atoms with Crippen molar-refractivity contribution in [3.05, 3.63) is 18.7 Å². The first-order valence-corrected chi connectivity index (χ1v) is 7.41. The molecule has 112 valence electrons. The number of hydrogen-bond acceptors (Lipinski definition) is 6. The van der Waals surface area contributed by atoms with Crippen LogP contribution in [-0.2, 0) is 0 Å². The Bertz CT molecular complexity index is 584. The highest BCUT2D eigenvalue weighted by atomic mass is 15.3. The van der Waals surface area contributed by atoms with Crippen LogP contribution < -0.4 is 10.6 Å². The lowest BCUT2D eigenvalue weighted by atomic mass is 9.67. The zero-order valence-corrected chi connectivity index (χ0v) is 12.5. The quantitative estimate of drug-likeness (QED) is 0.847. The van der Waals surface area contributed by atoms with Gasteiger partial charge in [-0.05, 0) is 24.7 Å². The van der Waals surface area contributed by atoms with E-state index in [1.54, 1.807) is 24.1 Å². The molecule has 1 aliphatic rings. The van der Waals surface area contributed by atoms with Gasteiger partial charge >= 0.3 is 0 Å². The monoisotopic (exact) mass is 287 g/mol. The van der Waals surface area contributed by atoms with Gasteiger partial charge < -0.3 is 10.6 Å². The van der Waals surface area contributed by atoms with E-state index in [0.717, 1.165) is 6.54 Å². The highest BCUT2D eigenvalue weighted by Crippen LogP contribution is 2.43. The van der Waals surface area contributed by atoms with Crippen LogP contribution >= 0.6 is 0 Å². The fourth-order valence-electron chi connectivity index (χ4n) is 2.65. The highest BCUT2D eigenvalue weighted by molar-refractivity contribution is 5.37. The Morgan fingerprint density at radius 2 is 2.05 bits per heavy atom. The normalized spacial score (nSPS) is 16.3. The van der Waals surface area contributed by atoms with E-state index in [9.17, 15) is 0 Å². The first-order chi connectivity index (χ1) is 10.2. The average Bonchev–Trinajstić information content (AvgIpc) is 3.00. The summed E-state index contributed by atoms with van der Waals surface area (Å²) in [4.78, 5) is 17.2. The molecule has 2 aromatic heterocycles. The lowest BCUT2D eigenvalue weighted by Crippen LogP contribution is -2.36. The average molecular weight is 287 g/mol. The topological polar surface area (TPSA) is 80.5 Å². The van der Waals surface area contributed by atoms with Gasteiger partial charge in [0, 0.05) is 26.0 Å². The van der Waals surface area contributed by atoms with Crippen LogP contribution in [0.3, 0.4) is 0 Å². The second-order valence-electron chi connectivity index (χ2n) is 5.56. The summed E-state index contributed by atoms with van der Waals surface area (Å²) in [5.41, 5.74) is 0.418. The van der Waals surface area contributed by atoms with Gasteiger partial charge in [0.05, 0.1) is 0 Å². The van der Waals surface area contributed by atoms with Crippen molar-refractivity contribution in [1.29, 1.82) is 0 Å². The summed E-state index contributed by atoms with van der Waals surface area (Å²) >= 11 is 0. The number of imidazole rings is 1. The minimum Gasteiger partial charge on any atom is -0.357 e. The number of nitrogens with one attached hydrogen (secondary N) is 2. The zero-order valence-electron chi connectivity index (χ0n) is 12.5. The summed E-state index contributed by atoms with van der Waals surface area (Å²) in [5.74, 6) is 1.72. The minimum absolute atomic E-state index is 0.418. The molecule has 7 heteroatoms. The third kappa shape index (κ3) is 2.81.